The van der Waals surface area contributed by atoms with Crippen LogP contribution in [0.5, 0.6) is 0 Å². The number of benzene rings is 1. The molecule has 0 unspecified atom stereocenters. The predicted molar refractivity (Wildman–Crippen MR) is 81.7 cm³/mol. The molecule has 21 heavy (non-hydrogen) atoms. The molecule has 1 aromatic rings. The van der Waals surface area contributed by atoms with Crippen LogP contribution in [0.15, 0.2) is 30.3 Å². The van der Waals surface area contributed by atoms with Gasteiger partial charge in [-0.05, 0) is 18.6 Å². The summed E-state index contributed by atoms with van der Waals surface area (Å²) in [6, 6.07) is 8.25. The first kappa shape index (κ1) is 19.1. The number of primary amides is 1. The zero-order chi connectivity index (χ0) is 15.9. The highest BCUT2D eigenvalue weighted by molar-refractivity contribution is 5.88. The van der Waals surface area contributed by atoms with Gasteiger partial charge in [0, 0.05) is 6.42 Å². The van der Waals surface area contributed by atoms with Gasteiger partial charge in [-0.2, -0.15) is 5.26 Å². The van der Waals surface area contributed by atoms with Crippen LogP contribution in [0.4, 0.5) is 0 Å². The molecule has 0 aliphatic carbocycles. The highest BCUT2D eigenvalue weighted by Gasteiger charge is 2.02. The normalized spacial score (nSPS) is 9.43. The van der Waals surface area contributed by atoms with E-state index < -0.39 is 5.97 Å². The molecule has 0 aromatic heterocycles. The SMILES string of the molecule is CCCCCCCCC(N)=O.O=C(OO)c1ccccc1. The Balaban J connectivity index is 0.000000382. The second-order valence-corrected chi connectivity index (χ2v) is 4.73. The van der Waals surface area contributed by atoms with E-state index in [0.717, 1.165) is 12.8 Å². The fourth-order valence-electron chi connectivity index (χ4n) is 1.71. The Hall–Kier alpha value is -1.88. The Morgan fingerprint density at radius 3 is 2.14 bits per heavy atom. The average Bonchev–Trinajstić information content (AvgIpc) is 2.51. The Morgan fingerprint density at radius 1 is 1.05 bits per heavy atom. The van der Waals surface area contributed by atoms with Crippen molar-refractivity contribution in [2.45, 2.75) is 51.9 Å². The minimum absolute atomic E-state index is 0.166. The molecule has 0 radical (unpaired) electrons. The van der Waals surface area contributed by atoms with Gasteiger partial charge in [-0.15, -0.1) is 0 Å². The Kier molecular flexibility index (Phi) is 11.9. The molecular weight excluding hydrogens is 270 g/mol. The van der Waals surface area contributed by atoms with E-state index in [-0.39, 0.29) is 5.91 Å². The van der Waals surface area contributed by atoms with Crippen LogP contribution in [-0.4, -0.2) is 17.1 Å². The van der Waals surface area contributed by atoms with Crippen LogP contribution in [0.3, 0.4) is 0 Å². The van der Waals surface area contributed by atoms with Gasteiger partial charge in [0.15, 0.2) is 0 Å². The number of amides is 1. The molecule has 0 heterocycles. The van der Waals surface area contributed by atoms with Gasteiger partial charge >= 0.3 is 5.97 Å². The van der Waals surface area contributed by atoms with Gasteiger partial charge in [0.2, 0.25) is 5.91 Å². The molecule has 3 N–H and O–H groups in total. The lowest BCUT2D eigenvalue weighted by molar-refractivity contribution is -0.182. The summed E-state index contributed by atoms with van der Waals surface area (Å²) in [5.74, 6) is -0.902. The van der Waals surface area contributed by atoms with E-state index in [2.05, 4.69) is 11.8 Å². The van der Waals surface area contributed by atoms with Gasteiger partial charge in [-0.1, -0.05) is 57.2 Å². The summed E-state index contributed by atoms with van der Waals surface area (Å²) in [4.78, 5) is 24.3. The molecule has 1 amide bonds. The van der Waals surface area contributed by atoms with E-state index in [1.165, 1.54) is 25.7 Å². The third kappa shape index (κ3) is 11.6. The van der Waals surface area contributed by atoms with Crippen molar-refractivity contribution in [3.05, 3.63) is 35.9 Å². The lowest BCUT2D eigenvalue weighted by Crippen LogP contribution is -2.09. The standard InChI is InChI=1S/C9H19NO.C7H6O3/c1-2-3-4-5-6-7-8-9(10)11;8-7(10-9)6-4-2-1-3-5-6/h2-8H2,1H3,(H2,10,11);1-5,9H. The van der Waals surface area contributed by atoms with Crippen molar-refractivity contribution in [3.63, 3.8) is 0 Å². The van der Waals surface area contributed by atoms with Gasteiger partial charge in [-0.3, -0.25) is 9.68 Å². The Labute approximate surface area is 126 Å². The largest absolute Gasteiger partial charge is 0.372 e. The molecule has 0 spiro atoms. The smallest absolute Gasteiger partial charge is 0.370 e. The molecule has 0 aliphatic rings. The van der Waals surface area contributed by atoms with Crippen LogP contribution in [0.1, 0.15) is 62.2 Å². The monoisotopic (exact) mass is 295 g/mol. The van der Waals surface area contributed by atoms with Crippen LogP contribution in [-0.2, 0) is 9.68 Å². The summed E-state index contributed by atoms with van der Waals surface area (Å²) in [5.41, 5.74) is 5.33. The maximum atomic E-state index is 10.5. The van der Waals surface area contributed by atoms with Gasteiger partial charge < -0.3 is 5.73 Å². The van der Waals surface area contributed by atoms with Crippen molar-refractivity contribution >= 4 is 11.9 Å². The van der Waals surface area contributed by atoms with Gasteiger partial charge in [0.05, 0.1) is 5.56 Å². The van der Waals surface area contributed by atoms with Crippen LogP contribution >= 0.6 is 0 Å². The maximum absolute atomic E-state index is 10.5. The van der Waals surface area contributed by atoms with E-state index in [1.54, 1.807) is 30.3 Å². The number of nitrogens with two attached hydrogens (primary N) is 1. The summed E-state index contributed by atoms with van der Waals surface area (Å²) >= 11 is 0. The number of carbonyl (C=O) groups excluding carboxylic acids is 2. The van der Waals surface area contributed by atoms with E-state index in [9.17, 15) is 9.59 Å². The summed E-state index contributed by atoms with van der Waals surface area (Å²) < 4.78 is 0. The molecule has 1 rings (SSSR count). The average molecular weight is 295 g/mol. The molecule has 0 bridgehead atoms. The van der Waals surface area contributed by atoms with Crippen LogP contribution in [0.25, 0.3) is 0 Å². The highest BCUT2D eigenvalue weighted by atomic mass is 17.1. The summed E-state index contributed by atoms with van der Waals surface area (Å²) in [6.45, 7) is 2.20. The Morgan fingerprint density at radius 2 is 1.62 bits per heavy atom. The number of hydrogen-bond acceptors (Lipinski definition) is 4. The minimum atomic E-state index is -0.736. The molecule has 118 valence electrons. The number of unbranched alkanes of at least 4 members (excludes halogenated alkanes) is 5. The van der Waals surface area contributed by atoms with E-state index >= 15 is 0 Å². The molecule has 0 saturated heterocycles. The third-order valence-corrected chi connectivity index (χ3v) is 2.87. The molecule has 5 nitrogen and oxygen atoms in total. The van der Waals surface area contributed by atoms with Gasteiger partial charge in [0.1, 0.15) is 0 Å². The molecule has 1 aromatic carbocycles. The van der Waals surface area contributed by atoms with Crippen molar-refractivity contribution in [3.8, 4) is 0 Å². The van der Waals surface area contributed by atoms with Crippen molar-refractivity contribution in [1.82, 2.24) is 0 Å². The zero-order valence-electron chi connectivity index (χ0n) is 12.6. The van der Waals surface area contributed by atoms with Crippen molar-refractivity contribution < 1.29 is 19.7 Å². The topological polar surface area (TPSA) is 89.6 Å². The quantitative estimate of drug-likeness (QED) is 0.436. The van der Waals surface area contributed by atoms with Crippen molar-refractivity contribution in [1.29, 1.82) is 0 Å². The summed E-state index contributed by atoms with van der Waals surface area (Å²) in [7, 11) is 0. The number of hydrogen-bond donors (Lipinski definition) is 2. The molecule has 0 aliphatic heterocycles. The molecule has 0 fully saturated rings. The fourth-order valence-corrected chi connectivity index (χ4v) is 1.71. The second-order valence-electron chi connectivity index (χ2n) is 4.73. The fraction of sp³-hybridized carbons (Fsp3) is 0.500. The van der Waals surface area contributed by atoms with E-state index in [4.69, 9.17) is 11.0 Å². The first-order chi connectivity index (χ1) is 10.1. The first-order valence-electron chi connectivity index (χ1n) is 7.30. The van der Waals surface area contributed by atoms with E-state index in [0.29, 0.717) is 12.0 Å². The highest BCUT2D eigenvalue weighted by Crippen LogP contribution is 2.06. The molecule has 0 saturated carbocycles. The first-order valence-corrected chi connectivity index (χ1v) is 7.30. The third-order valence-electron chi connectivity index (χ3n) is 2.87. The van der Waals surface area contributed by atoms with Gasteiger partial charge in [0.25, 0.3) is 0 Å². The molecular formula is C16H25NO4. The van der Waals surface area contributed by atoms with Crippen LogP contribution < -0.4 is 5.73 Å². The molecule has 5 heteroatoms. The zero-order valence-corrected chi connectivity index (χ0v) is 12.6. The van der Waals surface area contributed by atoms with Gasteiger partial charge in [-0.25, -0.2) is 4.79 Å². The van der Waals surface area contributed by atoms with E-state index in [1.807, 2.05) is 0 Å². The summed E-state index contributed by atoms with van der Waals surface area (Å²) in [6.07, 6.45) is 7.83. The Bertz CT molecular complexity index is 393. The summed E-state index contributed by atoms with van der Waals surface area (Å²) in [5, 5.41) is 7.94. The molecule has 0 atom stereocenters. The van der Waals surface area contributed by atoms with Crippen molar-refractivity contribution in [2.75, 3.05) is 0 Å². The van der Waals surface area contributed by atoms with Crippen LogP contribution in [0.2, 0.25) is 0 Å². The minimum Gasteiger partial charge on any atom is -0.370 e. The number of carbonyl (C=O) groups is 2. The van der Waals surface area contributed by atoms with Crippen LogP contribution in [0, 0.1) is 0 Å². The predicted octanol–water partition coefficient (Wildman–Crippen LogP) is 3.54. The maximum Gasteiger partial charge on any atom is 0.372 e. The van der Waals surface area contributed by atoms with Crippen molar-refractivity contribution in [2.24, 2.45) is 5.73 Å². The second kappa shape index (κ2) is 13.1. The lowest BCUT2D eigenvalue weighted by Gasteiger charge is -1.97. The number of rotatable bonds is 8. The lowest BCUT2D eigenvalue weighted by atomic mass is 10.1.